The molecule has 0 amide bonds. The zero-order valence-corrected chi connectivity index (χ0v) is 9.37. The van der Waals surface area contributed by atoms with Crippen molar-refractivity contribution in [2.45, 2.75) is 12.5 Å². The van der Waals surface area contributed by atoms with Crippen molar-refractivity contribution in [2.24, 2.45) is 0 Å². The van der Waals surface area contributed by atoms with Crippen LogP contribution in [0.1, 0.15) is 6.92 Å². The Morgan fingerprint density at radius 3 is 3.00 bits per heavy atom. The number of rotatable bonds is 4. The Labute approximate surface area is 97.3 Å². The molecule has 92 valence electrons. The molecule has 1 aromatic heterocycles. The van der Waals surface area contributed by atoms with E-state index in [1.54, 1.807) is 6.07 Å². The molecule has 4 N–H and O–H groups in total. The Hall–Kier alpha value is -1.66. The maximum absolute atomic E-state index is 12.9. The van der Waals surface area contributed by atoms with Crippen LogP contribution in [-0.4, -0.2) is 38.9 Å². The number of hydrogen-bond donors (Lipinski definition) is 4. The Balaban J connectivity index is 2.15. The molecule has 0 fully saturated rings. The van der Waals surface area contributed by atoms with Gasteiger partial charge in [0.1, 0.15) is 11.4 Å². The molecule has 5 nitrogen and oxygen atoms in total. The molecule has 1 atom stereocenters. The average Bonchev–Trinajstić information content (AvgIpc) is 2.68. The maximum atomic E-state index is 12.9. The molecule has 2 rings (SSSR count). The van der Waals surface area contributed by atoms with Crippen molar-refractivity contribution in [1.29, 1.82) is 0 Å². The molecular weight excluding hydrogens is 225 g/mol. The summed E-state index contributed by atoms with van der Waals surface area (Å²) in [6, 6.07) is 4.24. The number of imidazole rings is 1. The van der Waals surface area contributed by atoms with E-state index < -0.39 is 5.60 Å². The molecule has 1 heterocycles. The van der Waals surface area contributed by atoms with Gasteiger partial charge in [0.05, 0.1) is 17.6 Å². The predicted molar refractivity (Wildman–Crippen MR) is 62.3 cm³/mol. The fourth-order valence-electron chi connectivity index (χ4n) is 1.40. The average molecular weight is 239 g/mol. The van der Waals surface area contributed by atoms with E-state index in [1.165, 1.54) is 19.1 Å². The third-order valence-electron chi connectivity index (χ3n) is 2.42. The van der Waals surface area contributed by atoms with E-state index in [0.717, 1.165) is 0 Å². The van der Waals surface area contributed by atoms with Crippen molar-refractivity contribution in [3.05, 3.63) is 24.0 Å². The summed E-state index contributed by atoms with van der Waals surface area (Å²) in [4.78, 5) is 7.04. The number of anilines is 1. The van der Waals surface area contributed by atoms with Crippen molar-refractivity contribution in [1.82, 2.24) is 9.97 Å². The van der Waals surface area contributed by atoms with Gasteiger partial charge in [-0.25, -0.2) is 9.37 Å². The number of halogens is 1. The van der Waals surface area contributed by atoms with Crippen LogP contribution in [0.3, 0.4) is 0 Å². The molecular formula is C11H14FN3O2. The minimum atomic E-state index is -1.22. The summed E-state index contributed by atoms with van der Waals surface area (Å²) in [6.45, 7) is 1.29. The highest BCUT2D eigenvalue weighted by atomic mass is 19.1. The summed E-state index contributed by atoms with van der Waals surface area (Å²) in [5.74, 6) is 0.0920. The van der Waals surface area contributed by atoms with Gasteiger partial charge in [0.2, 0.25) is 5.95 Å². The van der Waals surface area contributed by atoms with Gasteiger partial charge in [0.15, 0.2) is 0 Å². The monoisotopic (exact) mass is 239 g/mol. The number of aromatic nitrogens is 2. The molecule has 0 bridgehead atoms. The van der Waals surface area contributed by atoms with E-state index in [2.05, 4.69) is 15.3 Å². The Morgan fingerprint density at radius 1 is 1.53 bits per heavy atom. The van der Waals surface area contributed by atoms with Crippen LogP contribution < -0.4 is 5.32 Å². The minimum Gasteiger partial charge on any atom is -0.393 e. The second-order valence-corrected chi connectivity index (χ2v) is 4.26. The maximum Gasteiger partial charge on any atom is 0.201 e. The number of H-pyrrole nitrogens is 1. The second-order valence-electron chi connectivity index (χ2n) is 4.26. The molecule has 0 aliphatic heterocycles. The lowest BCUT2D eigenvalue weighted by atomic mass is 10.1. The minimum absolute atomic E-state index is 0.145. The number of hydrogen-bond acceptors (Lipinski definition) is 4. The largest absolute Gasteiger partial charge is 0.393 e. The van der Waals surface area contributed by atoms with Crippen molar-refractivity contribution in [3.63, 3.8) is 0 Å². The summed E-state index contributed by atoms with van der Waals surface area (Å²) >= 11 is 0. The van der Waals surface area contributed by atoms with E-state index in [1.807, 2.05) is 0 Å². The van der Waals surface area contributed by atoms with Crippen molar-refractivity contribution in [3.8, 4) is 0 Å². The van der Waals surface area contributed by atoms with Gasteiger partial charge in [-0.3, -0.25) is 0 Å². The van der Waals surface area contributed by atoms with Crippen LogP contribution in [0.2, 0.25) is 0 Å². The molecule has 6 heteroatoms. The fraction of sp³-hybridized carbons (Fsp3) is 0.364. The number of fused-ring (bicyclic) bond motifs is 1. The lowest BCUT2D eigenvalue weighted by Gasteiger charge is -2.20. The normalized spacial score (nSPS) is 14.8. The fourth-order valence-corrected chi connectivity index (χ4v) is 1.40. The molecule has 17 heavy (non-hydrogen) atoms. The first kappa shape index (κ1) is 11.8. The van der Waals surface area contributed by atoms with Gasteiger partial charge in [-0.05, 0) is 25.1 Å². The zero-order chi connectivity index (χ0) is 12.5. The van der Waals surface area contributed by atoms with E-state index >= 15 is 0 Å². The van der Waals surface area contributed by atoms with Gasteiger partial charge in [-0.2, -0.15) is 0 Å². The van der Waals surface area contributed by atoms with Crippen molar-refractivity contribution >= 4 is 17.0 Å². The highest BCUT2D eigenvalue weighted by Crippen LogP contribution is 2.15. The summed E-state index contributed by atoms with van der Waals surface area (Å²) in [5, 5.41) is 21.3. The third-order valence-corrected chi connectivity index (χ3v) is 2.42. The molecule has 0 aliphatic carbocycles. The number of aromatic amines is 1. The van der Waals surface area contributed by atoms with Gasteiger partial charge < -0.3 is 20.5 Å². The molecule has 1 aromatic carbocycles. The zero-order valence-electron chi connectivity index (χ0n) is 9.37. The molecule has 0 saturated carbocycles. The standard InChI is InChI=1S/C11H14FN3O2/c1-11(17,6-16)5-13-10-14-8-3-2-7(12)4-9(8)15-10/h2-4,16-17H,5-6H2,1H3,(H2,13,14,15). The molecule has 2 aromatic rings. The van der Waals surface area contributed by atoms with Crippen LogP contribution in [0.15, 0.2) is 18.2 Å². The Morgan fingerprint density at radius 2 is 2.29 bits per heavy atom. The Kier molecular flexibility index (Phi) is 2.99. The Bertz CT molecular complexity index is 524. The quantitative estimate of drug-likeness (QED) is 0.638. The summed E-state index contributed by atoms with van der Waals surface area (Å²) in [5.41, 5.74) is -0.00166. The third kappa shape index (κ3) is 2.72. The number of aliphatic hydroxyl groups excluding tert-OH is 1. The number of benzene rings is 1. The van der Waals surface area contributed by atoms with Gasteiger partial charge in [-0.15, -0.1) is 0 Å². The van der Waals surface area contributed by atoms with Crippen LogP contribution in [0.25, 0.3) is 11.0 Å². The van der Waals surface area contributed by atoms with Crippen LogP contribution in [0.5, 0.6) is 0 Å². The molecule has 0 spiro atoms. The molecule has 0 aliphatic rings. The smallest absolute Gasteiger partial charge is 0.201 e. The van der Waals surface area contributed by atoms with Gasteiger partial charge in [0, 0.05) is 6.54 Å². The van der Waals surface area contributed by atoms with Crippen LogP contribution in [-0.2, 0) is 0 Å². The van der Waals surface area contributed by atoms with E-state index in [4.69, 9.17) is 5.11 Å². The highest BCUT2D eigenvalue weighted by molar-refractivity contribution is 5.77. The van der Waals surface area contributed by atoms with Gasteiger partial charge in [0.25, 0.3) is 0 Å². The number of nitrogens with one attached hydrogen (secondary N) is 2. The lowest BCUT2D eigenvalue weighted by Crippen LogP contribution is -2.37. The molecule has 1 unspecified atom stereocenters. The highest BCUT2D eigenvalue weighted by Gasteiger charge is 2.19. The first-order valence-corrected chi connectivity index (χ1v) is 5.22. The second kappa shape index (κ2) is 4.31. The van der Waals surface area contributed by atoms with E-state index in [9.17, 15) is 9.50 Å². The van der Waals surface area contributed by atoms with E-state index in [-0.39, 0.29) is 19.0 Å². The van der Waals surface area contributed by atoms with Gasteiger partial charge >= 0.3 is 0 Å². The molecule has 0 saturated heterocycles. The first-order chi connectivity index (χ1) is 8.00. The van der Waals surface area contributed by atoms with E-state index in [0.29, 0.717) is 17.0 Å². The first-order valence-electron chi connectivity index (χ1n) is 5.22. The summed E-state index contributed by atoms with van der Waals surface area (Å²) < 4.78 is 12.9. The van der Waals surface area contributed by atoms with Gasteiger partial charge in [-0.1, -0.05) is 0 Å². The summed E-state index contributed by atoms with van der Waals surface area (Å²) in [6.07, 6.45) is 0. The van der Waals surface area contributed by atoms with Crippen LogP contribution in [0, 0.1) is 5.82 Å². The van der Waals surface area contributed by atoms with Crippen molar-refractivity contribution < 1.29 is 14.6 Å². The lowest BCUT2D eigenvalue weighted by molar-refractivity contribution is 0.0131. The number of aliphatic hydroxyl groups is 2. The summed E-state index contributed by atoms with van der Waals surface area (Å²) in [7, 11) is 0. The number of nitrogens with zero attached hydrogens (tertiary/aromatic N) is 1. The van der Waals surface area contributed by atoms with Crippen LogP contribution in [0.4, 0.5) is 10.3 Å². The SMILES string of the molecule is CC(O)(CO)CNc1nc2ccc(F)cc2[nH]1. The predicted octanol–water partition coefficient (Wildman–Crippen LogP) is 0.857. The van der Waals surface area contributed by atoms with Crippen molar-refractivity contribution in [2.75, 3.05) is 18.5 Å². The van der Waals surface area contributed by atoms with Crippen LogP contribution >= 0.6 is 0 Å². The topological polar surface area (TPSA) is 81.2 Å². The molecule has 0 radical (unpaired) electrons.